The molecule has 0 bridgehead atoms. The summed E-state index contributed by atoms with van der Waals surface area (Å²) in [4.78, 5) is 96.6. The molecule has 100 heavy (non-hydrogen) atoms. The van der Waals surface area contributed by atoms with E-state index in [1.54, 1.807) is 50.0 Å². The summed E-state index contributed by atoms with van der Waals surface area (Å²) >= 11 is 0. The maximum Gasteiger partial charge on any atom is 0.394 e. The van der Waals surface area contributed by atoms with E-state index in [-0.39, 0.29) is 90.2 Å². The highest BCUT2D eigenvalue weighted by Crippen LogP contribution is 2.58. The minimum atomic E-state index is -0.919. The van der Waals surface area contributed by atoms with Crippen LogP contribution in [0.25, 0.3) is 26.7 Å². The smallest absolute Gasteiger partial charge is 0.394 e. The SMILES string of the molecule is C=CCCCCC[C@H](C)C(=O)N1C[C@@]2(CCc3c(c(C4CCC4)nc4ccc(OC)cc34)O2)C[C@H]1C(=O)CC1(C(=O)OCC)C[C@H]1C=C.C=CCCCCC[C@H](C)C(=O)N1C[C@@]2(CCc3c(c(C4CCC4)nc4ccc(OC)cc34)O2)C[C@H]1C(=O)OC.I.[C-]#[N+]C1(C(=O)OCC)C[C@H]1C=C. The van der Waals surface area contributed by atoms with Gasteiger partial charge in [-0.2, -0.15) is 0 Å². The van der Waals surface area contributed by atoms with Crippen molar-refractivity contribution in [3.63, 3.8) is 0 Å². The summed E-state index contributed by atoms with van der Waals surface area (Å²) < 4.78 is 40.5. The zero-order valence-electron chi connectivity index (χ0n) is 60.2. The monoisotopic (exact) mass is 1480 g/mol. The van der Waals surface area contributed by atoms with Gasteiger partial charge in [-0.05, 0) is 152 Å². The topological polar surface area (TPSA) is 204 Å². The normalized spacial score (nSPS) is 25.7. The molecule has 8 aliphatic rings. The molecule has 540 valence electrons. The summed E-state index contributed by atoms with van der Waals surface area (Å²) in [6.07, 6.45) is 28.7. The molecule has 2 unspecified atom stereocenters. The maximum absolute atomic E-state index is 14.4. The molecule has 4 aliphatic carbocycles. The van der Waals surface area contributed by atoms with E-state index in [0.29, 0.717) is 63.6 Å². The summed E-state index contributed by atoms with van der Waals surface area (Å²) in [5.41, 5.74) is 3.09. The number of benzene rings is 2. The van der Waals surface area contributed by atoms with E-state index in [9.17, 15) is 28.8 Å². The average Bonchev–Trinajstić information content (AvgIpc) is 1.36. The van der Waals surface area contributed by atoms with E-state index in [0.717, 1.165) is 171 Å². The van der Waals surface area contributed by atoms with Gasteiger partial charge in [0.05, 0.1) is 93.8 Å². The molecule has 19 heteroatoms. The number of hydrogen-bond donors (Lipinski definition) is 0. The predicted octanol–water partition coefficient (Wildman–Crippen LogP) is 15.8. The fourth-order valence-electron chi connectivity index (χ4n) is 16.0. The Morgan fingerprint density at radius 1 is 0.640 bits per heavy atom. The number of halogens is 1. The molecule has 4 saturated carbocycles. The largest absolute Gasteiger partial charge is 0.497 e. The molecular formula is C81H106IN5O13. The Hall–Kier alpha value is -7.34. The summed E-state index contributed by atoms with van der Waals surface area (Å²) in [7, 11) is 4.74. The Morgan fingerprint density at radius 3 is 1.51 bits per heavy atom. The molecule has 2 spiro atoms. The van der Waals surface area contributed by atoms with Gasteiger partial charge in [-0.15, -0.1) is 50.3 Å². The van der Waals surface area contributed by atoms with Gasteiger partial charge in [0, 0.05) is 64.8 Å². The molecule has 2 saturated heterocycles. The Balaban J connectivity index is 0.000000201. The number of ketones is 1. The van der Waals surface area contributed by atoms with Crippen molar-refractivity contribution in [2.75, 3.05) is 47.6 Å². The molecular weight excluding hydrogens is 1380 g/mol. The number of amides is 2. The second-order valence-corrected chi connectivity index (χ2v) is 29.1. The number of methoxy groups -OCH3 is 3. The van der Waals surface area contributed by atoms with Crippen molar-refractivity contribution in [2.45, 2.75) is 229 Å². The van der Waals surface area contributed by atoms with Crippen molar-refractivity contribution < 1.29 is 61.9 Å². The van der Waals surface area contributed by atoms with Crippen molar-refractivity contribution in [1.82, 2.24) is 19.8 Å². The van der Waals surface area contributed by atoms with Crippen LogP contribution in [-0.4, -0.2) is 132 Å². The van der Waals surface area contributed by atoms with Crippen LogP contribution in [0.4, 0.5) is 0 Å². The first-order valence-electron chi connectivity index (χ1n) is 36.6. The van der Waals surface area contributed by atoms with Gasteiger partial charge in [0.1, 0.15) is 40.2 Å². The molecule has 4 aliphatic heterocycles. The summed E-state index contributed by atoms with van der Waals surface area (Å²) in [6.45, 7) is 30.8. The highest BCUT2D eigenvalue weighted by atomic mass is 127. The minimum Gasteiger partial charge on any atom is -0.497 e. The van der Waals surface area contributed by atoms with Crippen molar-refractivity contribution >= 4 is 81.3 Å². The van der Waals surface area contributed by atoms with Crippen LogP contribution in [0.15, 0.2) is 87.0 Å². The fraction of sp³-hybridized carbons (Fsp3) is 0.593. The third kappa shape index (κ3) is 16.1. The lowest BCUT2D eigenvalue weighted by Crippen LogP contribution is -2.46. The summed E-state index contributed by atoms with van der Waals surface area (Å²) in [6, 6.07) is 10.8. The molecule has 6 heterocycles. The van der Waals surface area contributed by atoms with Gasteiger partial charge >= 0.3 is 23.4 Å². The lowest BCUT2D eigenvalue weighted by Gasteiger charge is -2.39. The number of carbonyl (C=O) groups is 6. The number of aryl methyl sites for hydroxylation is 2. The highest BCUT2D eigenvalue weighted by Gasteiger charge is 2.69. The molecule has 18 nitrogen and oxygen atoms in total. The van der Waals surface area contributed by atoms with Crippen LogP contribution in [0.3, 0.4) is 0 Å². The number of Topliss-reactive ketones (excluding diaryl/α,β-unsaturated/α-hetero) is 1. The number of aromatic nitrogens is 2. The number of likely N-dealkylation sites (tertiary alicyclic amines) is 2. The number of rotatable bonds is 28. The third-order valence-electron chi connectivity index (χ3n) is 22.7. The first-order valence-corrected chi connectivity index (χ1v) is 36.6. The Morgan fingerprint density at radius 2 is 1.11 bits per heavy atom. The number of nitrogens with zero attached hydrogens (tertiary/aromatic N) is 5. The Labute approximate surface area is 609 Å². The standard InChI is InChI=1S/C40H52N2O6.C32H42N2O5.C9H11NO2.HI/c1-6-9-10-11-12-14-26(4)37(44)42-25-39(23-33(42)34(43)24-40(22-28(40)7-2)38(45)47-8-3)20-19-30-31-21-29(46-5)17-18-32(31)41-35(36(30)48-39)27-15-13-16-27;1-5-6-7-8-9-11-21(2)30(35)34-20-32(19-27(34)31(36)38-4)17-16-24-25-18-23(37-3)14-15-26(25)33-28(29(24)39-32)22-12-10-13-22;1-4-7-6-9(7,10-3)8(11)12-5-2;/h6-7,17-18,21,26-28,33H,1-2,8-16,19-20,22-25H2,3-5H3;5,14-15,18,21-22,27H,1,6-13,16-17,19-20H2,2-4H3;4,7H,1,5-6H2,2H3;1H/t26-,28+,33-,39+,40?;21-,27-,32+;7-,9?;/m001./s1. The summed E-state index contributed by atoms with van der Waals surface area (Å²) in [5, 5.41) is 2.09. The zero-order chi connectivity index (χ0) is 70.8. The van der Waals surface area contributed by atoms with Gasteiger partial charge in [0.15, 0.2) is 5.78 Å². The van der Waals surface area contributed by atoms with Crippen LogP contribution in [0.1, 0.15) is 210 Å². The van der Waals surface area contributed by atoms with E-state index >= 15 is 0 Å². The van der Waals surface area contributed by atoms with Gasteiger partial charge < -0.3 is 43.0 Å². The van der Waals surface area contributed by atoms with Crippen LogP contribution in [-0.2, 0) is 55.8 Å². The number of carbonyl (C=O) groups excluding carboxylic acids is 6. The lowest BCUT2D eigenvalue weighted by molar-refractivity contribution is -0.152. The highest BCUT2D eigenvalue weighted by molar-refractivity contribution is 14.0. The van der Waals surface area contributed by atoms with Crippen LogP contribution in [0.5, 0.6) is 23.0 Å². The lowest BCUT2D eigenvalue weighted by atomic mass is 9.79. The van der Waals surface area contributed by atoms with E-state index in [4.69, 9.17) is 49.7 Å². The molecule has 4 aromatic rings. The van der Waals surface area contributed by atoms with E-state index < -0.39 is 40.2 Å². The Bertz CT molecular complexity index is 3750. The zero-order valence-corrected chi connectivity index (χ0v) is 62.5. The molecule has 0 N–H and O–H groups in total. The molecule has 2 aromatic carbocycles. The summed E-state index contributed by atoms with van der Waals surface area (Å²) in [5.74, 6) is 2.31. The number of allylic oxidation sites excluding steroid dienone is 3. The van der Waals surface area contributed by atoms with Crippen molar-refractivity contribution in [1.29, 1.82) is 0 Å². The van der Waals surface area contributed by atoms with Gasteiger partial charge in [-0.3, -0.25) is 24.0 Å². The molecule has 10 atom stereocenters. The number of hydrogen-bond acceptors (Lipinski definition) is 15. The van der Waals surface area contributed by atoms with Gasteiger partial charge in [0.2, 0.25) is 11.8 Å². The Kier molecular flexibility index (Phi) is 25.8. The van der Waals surface area contributed by atoms with Gasteiger partial charge in [-0.25, -0.2) is 26.1 Å². The third-order valence-corrected chi connectivity index (χ3v) is 22.7. The number of pyridine rings is 2. The molecule has 6 fully saturated rings. The number of ether oxygens (including phenoxy) is 7. The predicted molar refractivity (Wildman–Crippen MR) is 397 cm³/mol. The fourth-order valence-corrected chi connectivity index (χ4v) is 16.0. The van der Waals surface area contributed by atoms with Crippen LogP contribution < -0.4 is 18.9 Å². The maximum atomic E-state index is 14.4. The number of esters is 3. The molecule has 2 amide bonds. The van der Waals surface area contributed by atoms with Crippen molar-refractivity contribution in [3.05, 3.63) is 121 Å². The second-order valence-electron chi connectivity index (χ2n) is 29.1. The minimum absolute atomic E-state index is 0. The van der Waals surface area contributed by atoms with Crippen molar-refractivity contribution in [3.8, 4) is 23.0 Å². The quantitative estimate of drug-likeness (QED) is 0.0130. The number of fused-ring (bicyclic) bond motifs is 6. The average molecular weight is 1480 g/mol. The molecule has 2 aromatic heterocycles. The first-order chi connectivity index (χ1) is 47.8. The van der Waals surface area contributed by atoms with Crippen molar-refractivity contribution in [2.24, 2.45) is 29.1 Å². The van der Waals surface area contributed by atoms with Crippen LogP contribution >= 0.6 is 24.0 Å². The number of unbranched alkanes of at least 4 members (excludes halogenated alkanes) is 6. The first kappa shape index (κ1) is 76.8. The van der Waals surface area contributed by atoms with Crippen LogP contribution in [0.2, 0.25) is 0 Å². The molecule has 0 radical (unpaired) electrons. The van der Waals surface area contributed by atoms with Gasteiger partial charge in [0.25, 0.3) is 0 Å². The van der Waals surface area contributed by atoms with E-state index in [1.165, 1.54) is 25.5 Å². The molecule has 12 rings (SSSR count). The second kappa shape index (κ2) is 33.6. The van der Waals surface area contributed by atoms with E-state index in [2.05, 4.69) is 31.2 Å². The van der Waals surface area contributed by atoms with Gasteiger partial charge in [-0.1, -0.05) is 76.7 Å². The van der Waals surface area contributed by atoms with E-state index in [1.807, 2.05) is 62.4 Å². The van der Waals surface area contributed by atoms with Crippen LogP contribution in [0, 0.1) is 35.7 Å².